The zero-order chi connectivity index (χ0) is 8.10. The van der Waals surface area contributed by atoms with Crippen LogP contribution in [0.4, 0.5) is 0 Å². The van der Waals surface area contributed by atoms with E-state index in [0.717, 1.165) is 25.7 Å². The van der Waals surface area contributed by atoms with Crippen LogP contribution in [0.2, 0.25) is 0 Å². The summed E-state index contributed by atoms with van der Waals surface area (Å²) in [6.45, 7) is 0. The van der Waals surface area contributed by atoms with Crippen molar-refractivity contribution in [2.24, 2.45) is 0 Å². The normalized spacial score (nSPS) is 20.2. The van der Waals surface area contributed by atoms with Crippen LogP contribution >= 0.6 is 18.8 Å². The summed E-state index contributed by atoms with van der Waals surface area (Å²) in [4.78, 5) is 0. The van der Waals surface area contributed by atoms with E-state index in [1.165, 1.54) is 3.96 Å². The van der Waals surface area contributed by atoms with Gasteiger partial charge >= 0.3 is 81.9 Å². The van der Waals surface area contributed by atoms with Crippen molar-refractivity contribution in [3.05, 3.63) is 22.2 Å². The Balaban J connectivity index is 2.50. The van der Waals surface area contributed by atoms with Crippen LogP contribution < -0.4 is 0 Å². The molecule has 0 aromatic heterocycles. The third-order valence-corrected chi connectivity index (χ3v) is 6.19. The van der Waals surface area contributed by atoms with E-state index in [1.54, 1.807) is 0 Å². The van der Waals surface area contributed by atoms with Crippen LogP contribution in [0.5, 0.6) is 0 Å². The Kier molecular flexibility index (Phi) is 4.83. The van der Waals surface area contributed by atoms with Gasteiger partial charge in [0.2, 0.25) is 0 Å². The second kappa shape index (κ2) is 5.40. The molecule has 0 aliphatic heterocycles. The van der Waals surface area contributed by atoms with Gasteiger partial charge in [0, 0.05) is 0 Å². The molecular weight excluding hydrogens is 362 g/mol. The van der Waals surface area contributed by atoms with Gasteiger partial charge in [-0.1, -0.05) is 0 Å². The second-order valence-electron chi connectivity index (χ2n) is 2.36. The number of halogens is 2. The van der Waals surface area contributed by atoms with Crippen LogP contribution in [0.1, 0.15) is 25.7 Å². The van der Waals surface area contributed by atoms with E-state index < -0.39 is 15.2 Å². The van der Waals surface area contributed by atoms with Crippen LogP contribution in [0, 0.1) is 0 Å². The van der Waals surface area contributed by atoms with E-state index in [-0.39, 0.29) is 0 Å². The van der Waals surface area contributed by atoms with Crippen LogP contribution in [0.15, 0.2) is 22.2 Å². The molecule has 67 valence electrons. The summed E-state index contributed by atoms with van der Waals surface area (Å²) in [5.41, 5.74) is 0. The molecule has 0 unspecified atom stereocenters. The topological polar surface area (TPSA) is 0 Å². The first-order chi connectivity index (χ1) is 5.30. The average molecular weight is 373 g/mol. The van der Waals surface area contributed by atoms with E-state index in [1.807, 2.05) is 0 Å². The Bertz CT molecular complexity index is 173. The molecule has 0 radical (unpaired) electrons. The van der Waals surface area contributed by atoms with Crippen LogP contribution in [0.25, 0.3) is 0 Å². The molecule has 11 heavy (non-hydrogen) atoms. The molecule has 0 bridgehead atoms. The van der Waals surface area contributed by atoms with Gasteiger partial charge in [0.05, 0.1) is 0 Å². The Labute approximate surface area is 81.7 Å². The van der Waals surface area contributed by atoms with Crippen molar-refractivity contribution in [1.29, 1.82) is 0 Å². The third kappa shape index (κ3) is 3.78. The molecule has 0 amide bonds. The van der Waals surface area contributed by atoms with Crippen LogP contribution in [0.3, 0.4) is 0 Å². The quantitative estimate of drug-likeness (QED) is 0.612. The Morgan fingerprint density at radius 3 is 2.55 bits per heavy atom. The standard InChI is InChI=1S/C8H11.2ClH.Pt/c1-2-4-6-8-7-5-3-1;;;/h1-2,7H,3-6H2;2*1H;/q;;;+2/p-2. The Hall–Kier alpha value is 0.748. The number of hydrogen-bond donors (Lipinski definition) is 0. The minimum absolute atomic E-state index is 1.08. The predicted octanol–water partition coefficient (Wildman–Crippen LogP) is 3.93. The van der Waals surface area contributed by atoms with Crippen LogP contribution in [-0.4, -0.2) is 0 Å². The predicted molar refractivity (Wildman–Crippen MR) is 47.4 cm³/mol. The van der Waals surface area contributed by atoms with Gasteiger partial charge in [0.25, 0.3) is 0 Å². The van der Waals surface area contributed by atoms with E-state index in [4.69, 9.17) is 18.8 Å². The maximum atomic E-state index is 5.91. The summed E-state index contributed by atoms with van der Waals surface area (Å²) in [6, 6.07) is 0. The fourth-order valence-electron chi connectivity index (χ4n) is 0.986. The molecule has 0 aromatic carbocycles. The molecule has 0 atom stereocenters. The van der Waals surface area contributed by atoms with Gasteiger partial charge in [-0.15, -0.1) is 0 Å². The first-order valence-electron chi connectivity index (χ1n) is 3.60. The molecule has 1 rings (SSSR count). The van der Waals surface area contributed by atoms with Gasteiger partial charge in [-0.05, 0) is 0 Å². The molecule has 0 saturated heterocycles. The fraction of sp³-hybridized carbons (Fsp3) is 0.500. The van der Waals surface area contributed by atoms with E-state index >= 15 is 0 Å². The number of hydrogen-bond acceptors (Lipinski definition) is 0. The van der Waals surface area contributed by atoms with E-state index in [0.29, 0.717) is 0 Å². The van der Waals surface area contributed by atoms with Crippen molar-refractivity contribution in [2.75, 3.05) is 0 Å². The van der Waals surface area contributed by atoms with Crippen molar-refractivity contribution in [1.82, 2.24) is 0 Å². The first kappa shape index (κ1) is 9.83. The first-order valence-corrected chi connectivity index (χ1v) is 10.4. The third-order valence-electron chi connectivity index (χ3n) is 1.54. The van der Waals surface area contributed by atoms with E-state index in [9.17, 15) is 0 Å². The molecule has 1 aliphatic rings. The molecule has 0 N–H and O–H groups in total. The minimum atomic E-state index is -1.69. The number of allylic oxidation sites excluding steroid dienone is 4. The van der Waals surface area contributed by atoms with Crippen molar-refractivity contribution < 1.29 is 15.2 Å². The monoisotopic (exact) mass is 372 g/mol. The summed E-state index contributed by atoms with van der Waals surface area (Å²) in [5.74, 6) is 0. The molecule has 0 saturated carbocycles. The molecule has 0 fully saturated rings. The molecule has 1 aliphatic carbocycles. The van der Waals surface area contributed by atoms with Crippen molar-refractivity contribution >= 4 is 18.8 Å². The fourth-order valence-corrected chi connectivity index (χ4v) is 4.20. The SMILES string of the molecule is [Cl][Pt]([Cl])[C]1=CCCC=CCC1. The molecule has 0 aromatic rings. The zero-order valence-corrected chi connectivity index (χ0v) is 9.92. The number of rotatable bonds is 1. The van der Waals surface area contributed by atoms with Crippen molar-refractivity contribution in [3.8, 4) is 0 Å². The average Bonchev–Trinajstić information content (AvgIpc) is 1.84. The van der Waals surface area contributed by atoms with Crippen molar-refractivity contribution in [2.45, 2.75) is 25.7 Å². The molecular formula is C8H11Cl2Pt. The van der Waals surface area contributed by atoms with Gasteiger partial charge < -0.3 is 0 Å². The second-order valence-corrected chi connectivity index (χ2v) is 9.92. The summed E-state index contributed by atoms with van der Waals surface area (Å²) in [5, 5.41) is 0. The van der Waals surface area contributed by atoms with Gasteiger partial charge in [0.1, 0.15) is 0 Å². The molecule has 0 spiro atoms. The van der Waals surface area contributed by atoms with E-state index in [2.05, 4.69) is 18.2 Å². The summed E-state index contributed by atoms with van der Waals surface area (Å²) in [7, 11) is 11.8. The summed E-state index contributed by atoms with van der Waals surface area (Å²) in [6.07, 6.45) is 11.1. The Morgan fingerprint density at radius 1 is 1.09 bits per heavy atom. The molecule has 3 heteroatoms. The molecule has 0 heterocycles. The molecule has 0 nitrogen and oxygen atoms in total. The summed E-state index contributed by atoms with van der Waals surface area (Å²) < 4.78 is 1.34. The van der Waals surface area contributed by atoms with Gasteiger partial charge in [0.15, 0.2) is 0 Å². The maximum absolute atomic E-state index is 5.91. The van der Waals surface area contributed by atoms with Gasteiger partial charge in [-0.25, -0.2) is 0 Å². The van der Waals surface area contributed by atoms with Crippen LogP contribution in [-0.2, 0) is 15.2 Å². The zero-order valence-electron chi connectivity index (χ0n) is 6.13. The Morgan fingerprint density at radius 2 is 1.82 bits per heavy atom. The van der Waals surface area contributed by atoms with Gasteiger partial charge in [-0.2, -0.15) is 0 Å². The van der Waals surface area contributed by atoms with Crippen molar-refractivity contribution in [3.63, 3.8) is 0 Å². The van der Waals surface area contributed by atoms with Gasteiger partial charge in [-0.3, -0.25) is 0 Å². The summed E-state index contributed by atoms with van der Waals surface area (Å²) >= 11 is -1.69.